The molecule has 6 nitrogen and oxygen atoms in total. The van der Waals surface area contributed by atoms with E-state index in [-0.39, 0.29) is 11.8 Å². The topological polar surface area (TPSA) is 57.4 Å². The SMILES string of the molecule is Cc1ccc(O)c(CN(C)C[C@@H]2C[C@H](F)CN2Cc2cnn(C)c2)n1. The molecule has 1 saturated heterocycles. The summed E-state index contributed by atoms with van der Waals surface area (Å²) in [6.45, 7) is 4.35. The molecule has 0 amide bonds. The second-order valence-electron chi connectivity index (χ2n) is 7.05. The van der Waals surface area contributed by atoms with Crippen LogP contribution in [0, 0.1) is 6.92 Å². The van der Waals surface area contributed by atoms with Gasteiger partial charge in [-0.1, -0.05) is 0 Å². The summed E-state index contributed by atoms with van der Waals surface area (Å²) in [5.41, 5.74) is 2.64. The van der Waals surface area contributed by atoms with Crippen LogP contribution in [0.15, 0.2) is 24.5 Å². The first-order chi connectivity index (χ1) is 11.9. The van der Waals surface area contributed by atoms with E-state index in [0.29, 0.717) is 31.7 Å². The van der Waals surface area contributed by atoms with Crippen molar-refractivity contribution < 1.29 is 9.50 Å². The Morgan fingerprint density at radius 1 is 1.40 bits per heavy atom. The van der Waals surface area contributed by atoms with Crippen LogP contribution in [0.25, 0.3) is 0 Å². The second-order valence-corrected chi connectivity index (χ2v) is 7.05. The molecule has 0 bridgehead atoms. The van der Waals surface area contributed by atoms with E-state index in [0.717, 1.165) is 17.8 Å². The minimum atomic E-state index is -0.791. The van der Waals surface area contributed by atoms with Crippen LogP contribution in [-0.2, 0) is 20.1 Å². The van der Waals surface area contributed by atoms with E-state index in [9.17, 15) is 9.50 Å². The fourth-order valence-electron chi connectivity index (χ4n) is 3.49. The second kappa shape index (κ2) is 7.49. The molecule has 3 heterocycles. The number of aromatic hydroxyl groups is 1. The highest BCUT2D eigenvalue weighted by atomic mass is 19.1. The number of pyridine rings is 1. The van der Waals surface area contributed by atoms with E-state index in [4.69, 9.17) is 0 Å². The molecule has 0 saturated carbocycles. The van der Waals surface area contributed by atoms with Crippen molar-refractivity contribution in [3.05, 3.63) is 41.5 Å². The van der Waals surface area contributed by atoms with Crippen LogP contribution in [0.1, 0.15) is 23.4 Å². The Morgan fingerprint density at radius 2 is 2.20 bits per heavy atom. The smallest absolute Gasteiger partial charge is 0.138 e. The maximum Gasteiger partial charge on any atom is 0.138 e. The van der Waals surface area contributed by atoms with Crippen molar-refractivity contribution in [2.45, 2.75) is 38.6 Å². The third kappa shape index (κ3) is 4.55. The third-order valence-corrected chi connectivity index (χ3v) is 4.65. The van der Waals surface area contributed by atoms with Crippen molar-refractivity contribution in [3.63, 3.8) is 0 Å². The highest BCUT2D eigenvalue weighted by molar-refractivity contribution is 5.27. The maximum atomic E-state index is 14.0. The lowest BCUT2D eigenvalue weighted by molar-refractivity contribution is 0.179. The zero-order valence-electron chi connectivity index (χ0n) is 15.1. The van der Waals surface area contributed by atoms with Gasteiger partial charge in [0.05, 0.1) is 11.9 Å². The van der Waals surface area contributed by atoms with Crippen LogP contribution in [0.2, 0.25) is 0 Å². The van der Waals surface area contributed by atoms with Crippen LogP contribution in [0.3, 0.4) is 0 Å². The highest BCUT2D eigenvalue weighted by Crippen LogP contribution is 2.24. The summed E-state index contributed by atoms with van der Waals surface area (Å²) >= 11 is 0. The molecule has 0 radical (unpaired) electrons. The Kier molecular flexibility index (Phi) is 5.34. The van der Waals surface area contributed by atoms with Crippen molar-refractivity contribution in [1.29, 1.82) is 0 Å². The monoisotopic (exact) mass is 347 g/mol. The fraction of sp³-hybridized carbons (Fsp3) is 0.556. The van der Waals surface area contributed by atoms with E-state index in [1.807, 2.05) is 33.4 Å². The number of aromatic nitrogens is 3. The molecule has 1 fully saturated rings. The van der Waals surface area contributed by atoms with Gasteiger partial charge in [0.25, 0.3) is 0 Å². The van der Waals surface area contributed by atoms with E-state index < -0.39 is 6.17 Å². The predicted octanol–water partition coefficient (Wildman–Crippen LogP) is 1.87. The van der Waals surface area contributed by atoms with Gasteiger partial charge < -0.3 is 5.11 Å². The summed E-state index contributed by atoms with van der Waals surface area (Å²) in [6, 6.07) is 3.61. The molecule has 0 unspecified atom stereocenters. The first-order valence-corrected chi connectivity index (χ1v) is 8.60. The first-order valence-electron chi connectivity index (χ1n) is 8.60. The van der Waals surface area contributed by atoms with Crippen LogP contribution in [0.4, 0.5) is 4.39 Å². The van der Waals surface area contributed by atoms with Crippen molar-refractivity contribution in [3.8, 4) is 5.75 Å². The van der Waals surface area contributed by atoms with Gasteiger partial charge in [0.2, 0.25) is 0 Å². The van der Waals surface area contributed by atoms with Crippen LogP contribution in [-0.4, -0.2) is 62.0 Å². The van der Waals surface area contributed by atoms with Gasteiger partial charge in [-0.2, -0.15) is 5.10 Å². The molecule has 136 valence electrons. The van der Waals surface area contributed by atoms with E-state index in [1.165, 1.54) is 0 Å². The minimum absolute atomic E-state index is 0.146. The van der Waals surface area contributed by atoms with Gasteiger partial charge in [0, 0.05) is 56.7 Å². The van der Waals surface area contributed by atoms with Crippen molar-refractivity contribution in [2.75, 3.05) is 20.1 Å². The standard InChI is InChI=1S/C18H26FN5O/c1-13-4-5-18(25)17(21-13)12-22(2)11-16-6-15(19)10-24(16)9-14-7-20-23(3)8-14/h4-5,7-8,15-16,25H,6,9-12H2,1-3H3/t15-,16-/m0/s1. The predicted molar refractivity (Wildman–Crippen MR) is 93.9 cm³/mol. The molecule has 2 aromatic rings. The average molecular weight is 347 g/mol. The first kappa shape index (κ1) is 17.8. The lowest BCUT2D eigenvalue weighted by Crippen LogP contribution is -2.38. The molecule has 0 aromatic carbocycles. The Bertz CT molecular complexity index is 719. The van der Waals surface area contributed by atoms with Gasteiger partial charge in [-0.15, -0.1) is 0 Å². The molecular formula is C18H26FN5O. The van der Waals surface area contributed by atoms with Gasteiger partial charge in [-0.3, -0.25) is 19.5 Å². The number of halogens is 1. The molecular weight excluding hydrogens is 321 g/mol. The molecule has 0 spiro atoms. The molecule has 25 heavy (non-hydrogen) atoms. The van der Waals surface area contributed by atoms with Gasteiger partial charge in [0.1, 0.15) is 11.9 Å². The number of hydrogen-bond donors (Lipinski definition) is 1. The van der Waals surface area contributed by atoms with Gasteiger partial charge >= 0.3 is 0 Å². The minimum Gasteiger partial charge on any atom is -0.506 e. The number of alkyl halides is 1. The molecule has 1 aliphatic heterocycles. The Labute approximate surface area is 147 Å². The lowest BCUT2D eigenvalue weighted by atomic mass is 10.2. The zero-order chi connectivity index (χ0) is 18.0. The Morgan fingerprint density at radius 3 is 2.92 bits per heavy atom. The normalized spacial score (nSPS) is 21.3. The van der Waals surface area contributed by atoms with Crippen molar-refractivity contribution in [1.82, 2.24) is 24.6 Å². The van der Waals surface area contributed by atoms with Crippen molar-refractivity contribution in [2.24, 2.45) is 7.05 Å². The summed E-state index contributed by atoms with van der Waals surface area (Å²) in [4.78, 5) is 8.68. The van der Waals surface area contributed by atoms with Gasteiger partial charge in [0.15, 0.2) is 0 Å². The number of hydrogen-bond acceptors (Lipinski definition) is 5. The molecule has 2 aromatic heterocycles. The molecule has 7 heteroatoms. The summed E-state index contributed by atoms with van der Waals surface area (Å²) in [5.74, 6) is 0.208. The Hall–Kier alpha value is -1.99. The number of aryl methyl sites for hydroxylation is 2. The van der Waals surface area contributed by atoms with Crippen LogP contribution in [0.5, 0.6) is 5.75 Å². The number of rotatable bonds is 6. The quantitative estimate of drug-likeness (QED) is 0.865. The number of likely N-dealkylation sites (N-methyl/N-ethyl adjacent to an activating group) is 1. The average Bonchev–Trinajstić information content (AvgIpc) is 3.09. The highest BCUT2D eigenvalue weighted by Gasteiger charge is 2.33. The molecule has 0 aliphatic carbocycles. The van der Waals surface area contributed by atoms with Gasteiger partial charge in [-0.05, 0) is 32.5 Å². The van der Waals surface area contributed by atoms with Crippen LogP contribution >= 0.6 is 0 Å². The number of likely N-dealkylation sites (tertiary alicyclic amines) is 1. The zero-order valence-corrected chi connectivity index (χ0v) is 15.1. The maximum absolute atomic E-state index is 14.0. The number of nitrogens with zero attached hydrogens (tertiary/aromatic N) is 5. The van der Waals surface area contributed by atoms with E-state index >= 15 is 0 Å². The van der Waals surface area contributed by atoms with E-state index in [2.05, 4.69) is 19.9 Å². The summed E-state index contributed by atoms with van der Waals surface area (Å²) in [5, 5.41) is 14.2. The van der Waals surface area contributed by atoms with Crippen LogP contribution < -0.4 is 0 Å². The van der Waals surface area contributed by atoms with Crippen molar-refractivity contribution >= 4 is 0 Å². The summed E-state index contributed by atoms with van der Waals surface area (Å²) in [6.07, 6.45) is 3.56. The molecule has 2 atom stereocenters. The Balaban J connectivity index is 1.62. The summed E-state index contributed by atoms with van der Waals surface area (Å²) in [7, 11) is 3.87. The van der Waals surface area contributed by atoms with E-state index in [1.54, 1.807) is 16.8 Å². The lowest BCUT2D eigenvalue weighted by Gasteiger charge is -2.28. The molecule has 3 rings (SSSR count). The van der Waals surface area contributed by atoms with Gasteiger partial charge in [-0.25, -0.2) is 4.39 Å². The third-order valence-electron chi connectivity index (χ3n) is 4.65. The fourth-order valence-corrected chi connectivity index (χ4v) is 3.49. The molecule has 1 N–H and O–H groups in total. The largest absolute Gasteiger partial charge is 0.506 e. The molecule has 1 aliphatic rings. The summed E-state index contributed by atoms with van der Waals surface area (Å²) < 4.78 is 15.8.